The van der Waals surface area contributed by atoms with Crippen LogP contribution in [-0.4, -0.2) is 81.1 Å². The molecule has 0 spiro atoms. The average Bonchev–Trinajstić information content (AvgIpc) is 3.18. The highest BCUT2D eigenvalue weighted by Crippen LogP contribution is 2.48. The molecule has 0 aromatic carbocycles. The van der Waals surface area contributed by atoms with Crippen LogP contribution in [0.4, 0.5) is 0 Å². The molecule has 3 aliphatic heterocycles. The minimum atomic E-state index is -1.20. The Morgan fingerprint density at radius 3 is 2.67 bits per heavy atom. The molecule has 1 amide bonds. The lowest BCUT2D eigenvalue weighted by molar-refractivity contribution is -0.163. The van der Waals surface area contributed by atoms with E-state index in [2.05, 4.69) is 10.6 Å². The third-order valence-electron chi connectivity index (χ3n) is 5.92. The Hall–Kier alpha value is -1.13. The average molecular weight is 400 g/mol. The van der Waals surface area contributed by atoms with Gasteiger partial charge in [-0.2, -0.15) is 0 Å². The highest BCUT2D eigenvalue weighted by molar-refractivity contribution is 8.00. The van der Waals surface area contributed by atoms with Crippen LogP contribution < -0.4 is 10.6 Å². The summed E-state index contributed by atoms with van der Waals surface area (Å²) in [7, 11) is 1.83. The molecule has 3 aliphatic rings. The van der Waals surface area contributed by atoms with Gasteiger partial charge in [-0.3, -0.25) is 4.79 Å². The van der Waals surface area contributed by atoms with Crippen LogP contribution in [0.25, 0.3) is 0 Å². The van der Waals surface area contributed by atoms with Crippen LogP contribution in [0.15, 0.2) is 11.3 Å². The van der Waals surface area contributed by atoms with Gasteiger partial charge in [0.05, 0.1) is 29.5 Å². The van der Waals surface area contributed by atoms with Crippen molar-refractivity contribution in [2.45, 2.75) is 55.6 Å². The predicted octanol–water partition coefficient (Wildman–Crippen LogP) is -0.426. The van der Waals surface area contributed by atoms with E-state index in [0.29, 0.717) is 17.2 Å². The molecular weight excluding hydrogens is 370 g/mol. The minimum absolute atomic E-state index is 0.0174. The number of fused-ring (bicyclic) bond motifs is 1. The first-order chi connectivity index (χ1) is 12.8. The molecule has 7 unspecified atom stereocenters. The number of aliphatic hydroxyl groups excluding tert-OH is 2. The van der Waals surface area contributed by atoms with Gasteiger partial charge >= 0.3 is 5.97 Å². The second kappa shape index (κ2) is 8.08. The lowest BCUT2D eigenvalue weighted by atomic mass is 9.77. The van der Waals surface area contributed by atoms with E-state index in [4.69, 9.17) is 0 Å². The molecule has 0 aliphatic carbocycles. The molecule has 3 heterocycles. The van der Waals surface area contributed by atoms with E-state index < -0.39 is 30.1 Å². The largest absolute Gasteiger partial charge is 0.477 e. The molecule has 0 aromatic rings. The fraction of sp³-hybridized carbons (Fsp3) is 0.778. The van der Waals surface area contributed by atoms with Crippen LogP contribution in [0.3, 0.4) is 0 Å². The van der Waals surface area contributed by atoms with Gasteiger partial charge in [0.15, 0.2) is 0 Å². The zero-order valence-corrected chi connectivity index (χ0v) is 16.7. The fourth-order valence-electron chi connectivity index (χ4n) is 4.59. The summed E-state index contributed by atoms with van der Waals surface area (Å²) >= 11 is 1.75. The van der Waals surface area contributed by atoms with Crippen LogP contribution in [0.5, 0.6) is 0 Å². The Labute approximate surface area is 163 Å². The molecule has 8 nitrogen and oxygen atoms in total. The highest BCUT2D eigenvalue weighted by Gasteiger charge is 2.60. The molecule has 0 bridgehead atoms. The number of thioether (sulfide) groups is 1. The van der Waals surface area contributed by atoms with E-state index in [1.165, 1.54) is 4.90 Å². The lowest BCUT2D eigenvalue weighted by Crippen LogP contribution is -2.63. The number of aliphatic carboxylic acids is 1. The maximum absolute atomic E-state index is 12.4. The summed E-state index contributed by atoms with van der Waals surface area (Å²) in [4.78, 5) is 25.5. The van der Waals surface area contributed by atoms with Gasteiger partial charge in [-0.25, -0.2) is 4.79 Å². The number of hydrogen-bond donors (Lipinski definition) is 5. The maximum Gasteiger partial charge on any atom is 0.352 e. The van der Waals surface area contributed by atoms with Crippen molar-refractivity contribution in [1.82, 2.24) is 15.5 Å². The van der Waals surface area contributed by atoms with Crippen molar-refractivity contribution in [3.63, 3.8) is 0 Å². The predicted molar refractivity (Wildman–Crippen MR) is 102 cm³/mol. The van der Waals surface area contributed by atoms with Gasteiger partial charge in [-0.1, -0.05) is 6.92 Å². The Morgan fingerprint density at radius 2 is 2.15 bits per heavy atom. The number of carbonyl (C=O) groups is 2. The van der Waals surface area contributed by atoms with Crippen molar-refractivity contribution in [1.29, 1.82) is 0 Å². The van der Waals surface area contributed by atoms with Crippen molar-refractivity contribution >= 4 is 23.6 Å². The zero-order valence-electron chi connectivity index (χ0n) is 15.9. The van der Waals surface area contributed by atoms with Crippen molar-refractivity contribution in [2.24, 2.45) is 11.8 Å². The lowest BCUT2D eigenvalue weighted by Gasteiger charge is -2.46. The summed E-state index contributed by atoms with van der Waals surface area (Å²) in [6.45, 7) is 5.29. The molecule has 7 atom stereocenters. The monoisotopic (exact) mass is 399 g/mol. The van der Waals surface area contributed by atoms with Crippen molar-refractivity contribution < 1.29 is 24.9 Å². The van der Waals surface area contributed by atoms with Crippen LogP contribution in [0.1, 0.15) is 26.7 Å². The second-order valence-electron chi connectivity index (χ2n) is 7.64. The molecule has 0 saturated carbocycles. The number of nitrogens with zero attached hydrogens (tertiary/aromatic N) is 1. The fourth-order valence-corrected chi connectivity index (χ4v) is 5.95. The maximum atomic E-state index is 12.4. The third-order valence-corrected chi connectivity index (χ3v) is 7.46. The smallest absolute Gasteiger partial charge is 0.352 e. The second-order valence-corrected chi connectivity index (χ2v) is 9.15. The number of carboxylic acids is 1. The number of β-lactam (4-membered cyclic amide) rings is 1. The first kappa shape index (κ1) is 20.6. The van der Waals surface area contributed by atoms with Crippen LogP contribution in [-0.2, 0) is 9.59 Å². The number of carbonyl (C=O) groups excluding carboxylic acids is 1. The molecule has 2 saturated heterocycles. The molecule has 152 valence electrons. The summed E-state index contributed by atoms with van der Waals surface area (Å²) in [5.74, 6) is -2.50. The third kappa shape index (κ3) is 3.63. The van der Waals surface area contributed by atoms with Crippen molar-refractivity contribution in [3.05, 3.63) is 11.3 Å². The minimum Gasteiger partial charge on any atom is -0.477 e. The molecule has 5 N–H and O–H groups in total. The molecule has 27 heavy (non-hydrogen) atoms. The van der Waals surface area contributed by atoms with Crippen LogP contribution in [0, 0.1) is 11.8 Å². The zero-order chi connectivity index (χ0) is 19.9. The number of rotatable bonds is 8. The van der Waals surface area contributed by atoms with Gasteiger partial charge in [0.1, 0.15) is 5.70 Å². The van der Waals surface area contributed by atoms with E-state index in [9.17, 15) is 24.9 Å². The van der Waals surface area contributed by atoms with Gasteiger partial charge < -0.3 is 30.9 Å². The van der Waals surface area contributed by atoms with Gasteiger partial charge in [0, 0.05) is 24.1 Å². The number of hydrogen-bond acceptors (Lipinski definition) is 7. The first-order valence-electron chi connectivity index (χ1n) is 9.47. The molecule has 0 radical (unpaired) electrons. The molecular formula is C18H29N3O5S. The number of aliphatic hydroxyl groups is 2. The van der Waals surface area contributed by atoms with Crippen LogP contribution in [0.2, 0.25) is 0 Å². The number of carboxylic acid groups (broad SMARTS) is 1. The SMILES string of the molecule is CNC(CC(O)C1=C(C(=O)O)N2C(=O)C(C(C)O)C2C1C)SC1CCNC1. The molecule has 9 heteroatoms. The first-order valence-corrected chi connectivity index (χ1v) is 10.4. The van der Waals surface area contributed by atoms with Gasteiger partial charge in [-0.15, -0.1) is 11.8 Å². The summed E-state index contributed by atoms with van der Waals surface area (Å²) in [5, 5.41) is 37.4. The topological polar surface area (TPSA) is 122 Å². The highest BCUT2D eigenvalue weighted by atomic mass is 32.2. The van der Waals surface area contributed by atoms with E-state index in [1.54, 1.807) is 18.7 Å². The summed E-state index contributed by atoms with van der Waals surface area (Å²) in [6.07, 6.45) is -0.372. The Morgan fingerprint density at radius 1 is 1.44 bits per heavy atom. The van der Waals surface area contributed by atoms with E-state index in [1.807, 2.05) is 14.0 Å². The summed E-state index contributed by atoms with van der Waals surface area (Å²) < 4.78 is 0. The number of nitrogens with one attached hydrogen (secondary N) is 2. The normalized spacial score (nSPS) is 33.7. The van der Waals surface area contributed by atoms with Gasteiger partial charge in [0.2, 0.25) is 5.91 Å². The summed E-state index contributed by atoms with van der Waals surface area (Å²) in [6, 6.07) is -0.395. The van der Waals surface area contributed by atoms with E-state index in [-0.39, 0.29) is 22.9 Å². The van der Waals surface area contributed by atoms with E-state index >= 15 is 0 Å². The van der Waals surface area contributed by atoms with Gasteiger partial charge in [-0.05, 0) is 32.5 Å². The molecule has 2 fully saturated rings. The van der Waals surface area contributed by atoms with Crippen molar-refractivity contribution in [2.75, 3.05) is 20.1 Å². The Kier molecular flexibility index (Phi) is 6.17. The summed E-state index contributed by atoms with van der Waals surface area (Å²) in [5.41, 5.74) is 0.290. The molecule has 3 rings (SSSR count). The van der Waals surface area contributed by atoms with Gasteiger partial charge in [0.25, 0.3) is 0 Å². The number of amides is 1. The van der Waals surface area contributed by atoms with Crippen LogP contribution >= 0.6 is 11.8 Å². The molecule has 0 aromatic heterocycles. The standard InChI is InChI=1S/C18H29N3O5S/c1-8-13(11(23)6-12(19-3)27-10-4-5-20-7-10)16(18(25)26)21-15(8)14(9(2)22)17(21)24/h8-12,14-15,19-20,22-23H,4-7H2,1-3H3,(H,25,26). The van der Waals surface area contributed by atoms with Crippen molar-refractivity contribution in [3.8, 4) is 0 Å². The quantitative estimate of drug-likeness (QED) is 0.275. The Bertz CT molecular complexity index is 634. The Balaban J connectivity index is 1.78. The van der Waals surface area contributed by atoms with E-state index in [0.717, 1.165) is 19.5 Å².